The van der Waals surface area contributed by atoms with Gasteiger partial charge in [-0.3, -0.25) is 9.69 Å². The number of carbonyl (C=O) groups excluding carboxylic acids is 1. The SMILES string of the molecule is CC1(C)COC(=O)N1c1ccc(-n2ccc(=O)c(/C(=C/C=N)Nc3ccccc3)n2)c(F)c1. The highest BCUT2D eigenvalue weighted by molar-refractivity contribution is 5.91. The first kappa shape index (κ1) is 21.9. The van der Waals surface area contributed by atoms with Gasteiger partial charge >= 0.3 is 6.09 Å². The van der Waals surface area contributed by atoms with Crippen molar-refractivity contribution in [2.75, 3.05) is 16.8 Å². The number of cyclic esters (lactones) is 1. The summed E-state index contributed by atoms with van der Waals surface area (Å²) in [5.74, 6) is -0.626. The normalized spacial score (nSPS) is 15.3. The van der Waals surface area contributed by atoms with Crippen LogP contribution in [0.25, 0.3) is 11.4 Å². The molecule has 0 spiro atoms. The van der Waals surface area contributed by atoms with Gasteiger partial charge in [-0.05, 0) is 44.2 Å². The van der Waals surface area contributed by atoms with E-state index in [0.29, 0.717) is 17.1 Å². The van der Waals surface area contributed by atoms with Crippen molar-refractivity contribution < 1.29 is 13.9 Å². The van der Waals surface area contributed by atoms with Crippen LogP contribution in [-0.2, 0) is 4.74 Å². The minimum absolute atomic E-state index is 0.0255. The van der Waals surface area contributed by atoms with E-state index in [1.807, 2.05) is 44.2 Å². The van der Waals surface area contributed by atoms with Gasteiger partial charge in [0.1, 0.15) is 12.3 Å². The summed E-state index contributed by atoms with van der Waals surface area (Å²) in [6, 6.07) is 14.7. The van der Waals surface area contributed by atoms with Gasteiger partial charge < -0.3 is 15.5 Å². The van der Waals surface area contributed by atoms with E-state index in [1.54, 1.807) is 6.07 Å². The first-order chi connectivity index (χ1) is 15.8. The molecule has 1 fully saturated rings. The Bertz CT molecular complexity index is 1300. The molecule has 0 unspecified atom stereocenters. The van der Waals surface area contributed by atoms with E-state index in [1.165, 1.54) is 40.1 Å². The molecular weight excluding hydrogens is 425 g/mol. The van der Waals surface area contributed by atoms with Gasteiger partial charge in [0.25, 0.3) is 0 Å². The molecule has 1 aliphatic rings. The molecule has 9 heteroatoms. The highest BCUT2D eigenvalue weighted by Crippen LogP contribution is 2.32. The van der Waals surface area contributed by atoms with E-state index < -0.39 is 17.4 Å². The highest BCUT2D eigenvalue weighted by Gasteiger charge is 2.41. The molecule has 2 N–H and O–H groups in total. The average molecular weight is 447 g/mol. The maximum atomic E-state index is 15.1. The van der Waals surface area contributed by atoms with Crippen molar-refractivity contribution in [2.45, 2.75) is 19.4 Å². The van der Waals surface area contributed by atoms with E-state index >= 15 is 4.39 Å². The number of carbonyl (C=O) groups is 1. The van der Waals surface area contributed by atoms with Crippen LogP contribution in [0.5, 0.6) is 0 Å². The van der Waals surface area contributed by atoms with Crippen LogP contribution < -0.4 is 15.6 Å². The Morgan fingerprint density at radius 2 is 1.94 bits per heavy atom. The van der Waals surface area contributed by atoms with Crippen molar-refractivity contribution in [3.63, 3.8) is 0 Å². The molecule has 0 bridgehead atoms. The summed E-state index contributed by atoms with van der Waals surface area (Å²) < 4.78 is 21.5. The van der Waals surface area contributed by atoms with Crippen molar-refractivity contribution in [2.24, 2.45) is 0 Å². The Kier molecular flexibility index (Phi) is 5.78. The van der Waals surface area contributed by atoms with Crippen molar-refractivity contribution in [3.05, 3.63) is 88.6 Å². The van der Waals surface area contributed by atoms with E-state index in [4.69, 9.17) is 10.1 Å². The Balaban J connectivity index is 1.71. The molecule has 0 saturated carbocycles. The first-order valence-corrected chi connectivity index (χ1v) is 10.2. The number of amides is 1. The monoisotopic (exact) mass is 447 g/mol. The molecule has 3 aromatic rings. The number of hydrogen-bond donors (Lipinski definition) is 2. The Morgan fingerprint density at radius 3 is 2.58 bits per heavy atom. The fourth-order valence-corrected chi connectivity index (χ4v) is 3.56. The lowest BCUT2D eigenvalue weighted by molar-refractivity contribution is 0.175. The molecule has 1 aliphatic heterocycles. The maximum absolute atomic E-state index is 15.1. The summed E-state index contributed by atoms with van der Waals surface area (Å²) in [7, 11) is 0. The van der Waals surface area contributed by atoms with Gasteiger partial charge in [-0.15, -0.1) is 0 Å². The maximum Gasteiger partial charge on any atom is 0.414 e. The molecule has 0 radical (unpaired) electrons. The third-order valence-electron chi connectivity index (χ3n) is 5.14. The predicted molar refractivity (Wildman–Crippen MR) is 125 cm³/mol. The number of nitrogens with one attached hydrogen (secondary N) is 2. The number of ether oxygens (including phenoxy) is 1. The second kappa shape index (κ2) is 8.70. The Morgan fingerprint density at radius 1 is 1.18 bits per heavy atom. The van der Waals surface area contributed by atoms with Crippen LogP contribution >= 0.6 is 0 Å². The highest BCUT2D eigenvalue weighted by atomic mass is 19.1. The predicted octanol–water partition coefficient (Wildman–Crippen LogP) is 4.21. The van der Waals surface area contributed by atoms with Crippen LogP contribution in [0.15, 0.2) is 71.7 Å². The first-order valence-electron chi connectivity index (χ1n) is 10.2. The summed E-state index contributed by atoms with van der Waals surface area (Å²) in [6.45, 7) is 3.86. The molecule has 168 valence electrons. The molecule has 4 rings (SSSR count). The molecule has 0 atom stereocenters. The van der Waals surface area contributed by atoms with Crippen molar-refractivity contribution in [1.82, 2.24) is 9.78 Å². The van der Waals surface area contributed by atoms with Gasteiger partial charge in [-0.2, -0.15) is 5.10 Å². The molecule has 1 saturated heterocycles. The molecule has 0 aliphatic carbocycles. The summed E-state index contributed by atoms with van der Waals surface area (Å²) in [5, 5.41) is 14.8. The molecule has 1 aromatic heterocycles. The fraction of sp³-hybridized carbons (Fsp3) is 0.167. The second-order valence-corrected chi connectivity index (χ2v) is 8.05. The number of aromatic nitrogens is 2. The molecule has 33 heavy (non-hydrogen) atoms. The van der Waals surface area contributed by atoms with Crippen LogP contribution in [0.1, 0.15) is 19.5 Å². The lowest BCUT2D eigenvalue weighted by Crippen LogP contribution is -2.42. The standard InChI is InChI=1S/C24H22FN5O3/c1-24(2)15-33-23(32)30(24)17-8-9-20(18(25)14-17)29-13-11-21(31)22(28-29)19(10-12-26)27-16-6-4-3-5-7-16/h3-14,26-27H,15H2,1-2H3/b19-10-,26-12?. The lowest BCUT2D eigenvalue weighted by atomic mass is 10.1. The Labute approximate surface area is 189 Å². The number of nitrogens with zero attached hydrogens (tertiary/aromatic N) is 3. The average Bonchev–Trinajstić information content (AvgIpc) is 3.07. The zero-order chi connectivity index (χ0) is 23.6. The molecule has 2 heterocycles. The molecular formula is C24H22FN5O3. The smallest absolute Gasteiger partial charge is 0.414 e. The van der Waals surface area contributed by atoms with Gasteiger partial charge in [0.2, 0.25) is 5.43 Å². The molecule has 1 amide bonds. The lowest BCUT2D eigenvalue weighted by Gasteiger charge is -2.28. The summed E-state index contributed by atoms with van der Waals surface area (Å²) >= 11 is 0. The van der Waals surface area contributed by atoms with Gasteiger partial charge in [0.05, 0.1) is 16.9 Å². The van der Waals surface area contributed by atoms with E-state index in [9.17, 15) is 9.59 Å². The minimum atomic E-state index is -0.626. The minimum Gasteiger partial charge on any atom is -0.447 e. The summed E-state index contributed by atoms with van der Waals surface area (Å²) in [5.41, 5.74) is 0.494. The second-order valence-electron chi connectivity index (χ2n) is 8.05. The summed E-state index contributed by atoms with van der Waals surface area (Å²) in [6.07, 6.45) is 3.27. The topological polar surface area (TPSA) is 100 Å². The number of allylic oxidation sites excluding steroid dienone is 1. The number of anilines is 2. The zero-order valence-electron chi connectivity index (χ0n) is 18.1. The van der Waals surface area contributed by atoms with Crippen LogP contribution in [0.2, 0.25) is 0 Å². The van der Waals surface area contributed by atoms with Crippen molar-refractivity contribution in [3.8, 4) is 5.69 Å². The Hall–Kier alpha value is -4.27. The number of halogens is 1. The van der Waals surface area contributed by atoms with E-state index in [2.05, 4.69) is 10.4 Å². The van der Waals surface area contributed by atoms with E-state index in [-0.39, 0.29) is 23.4 Å². The molecule has 8 nitrogen and oxygen atoms in total. The zero-order valence-corrected chi connectivity index (χ0v) is 18.1. The van der Waals surface area contributed by atoms with Crippen molar-refractivity contribution >= 4 is 29.4 Å². The van der Waals surface area contributed by atoms with Crippen LogP contribution in [0.3, 0.4) is 0 Å². The third-order valence-corrected chi connectivity index (χ3v) is 5.14. The van der Waals surface area contributed by atoms with E-state index in [0.717, 1.165) is 6.21 Å². The third kappa shape index (κ3) is 4.38. The number of benzene rings is 2. The van der Waals surface area contributed by atoms with Gasteiger partial charge in [0, 0.05) is 30.2 Å². The summed E-state index contributed by atoms with van der Waals surface area (Å²) in [4.78, 5) is 26.1. The van der Waals surface area contributed by atoms with Gasteiger partial charge in [-0.1, -0.05) is 18.2 Å². The van der Waals surface area contributed by atoms with Gasteiger partial charge in [-0.25, -0.2) is 13.9 Å². The number of hydrogen-bond acceptors (Lipinski definition) is 6. The van der Waals surface area contributed by atoms with Crippen LogP contribution in [0.4, 0.5) is 20.6 Å². The van der Waals surface area contributed by atoms with Gasteiger partial charge in [0.15, 0.2) is 11.5 Å². The van der Waals surface area contributed by atoms with Crippen LogP contribution in [-0.4, -0.2) is 34.2 Å². The molecule has 2 aromatic carbocycles. The van der Waals surface area contributed by atoms with Crippen molar-refractivity contribution in [1.29, 1.82) is 5.41 Å². The largest absolute Gasteiger partial charge is 0.447 e. The fourth-order valence-electron chi connectivity index (χ4n) is 3.56. The quantitative estimate of drug-likeness (QED) is 0.552. The van der Waals surface area contributed by atoms with Crippen LogP contribution in [0, 0.1) is 11.2 Å². The number of rotatable bonds is 6. The number of para-hydroxylation sites is 1.